The van der Waals surface area contributed by atoms with Crippen molar-refractivity contribution in [2.45, 2.75) is 24.8 Å². The lowest BCUT2D eigenvalue weighted by Crippen LogP contribution is -2.34. The van der Waals surface area contributed by atoms with Crippen molar-refractivity contribution in [1.82, 2.24) is 5.32 Å². The molecule has 0 saturated heterocycles. The van der Waals surface area contributed by atoms with Crippen LogP contribution in [0.4, 0.5) is 4.39 Å². The molecule has 3 nitrogen and oxygen atoms in total. The number of hydrogen-bond donors (Lipinski definition) is 1. The summed E-state index contributed by atoms with van der Waals surface area (Å²) in [6.45, 7) is 0.414. The van der Waals surface area contributed by atoms with Crippen molar-refractivity contribution in [3.05, 3.63) is 65.5 Å². The van der Waals surface area contributed by atoms with Crippen molar-refractivity contribution in [3.8, 4) is 5.75 Å². The average molecular weight is 299 g/mol. The lowest BCUT2D eigenvalue weighted by Gasteiger charge is -2.16. The maximum absolute atomic E-state index is 12.9. The van der Waals surface area contributed by atoms with Crippen LogP contribution in [0.2, 0.25) is 0 Å². The molecule has 1 aliphatic carbocycles. The van der Waals surface area contributed by atoms with Gasteiger partial charge >= 0.3 is 0 Å². The van der Waals surface area contributed by atoms with Crippen LogP contribution in [-0.2, 0) is 16.8 Å². The molecule has 2 aromatic rings. The standard InChI is InChI=1S/C18H18FNO2/c1-22-16-8-4-14(5-9-16)18(10-11-18)17(21)20-12-13-2-6-15(19)7-3-13/h2-9H,10-12H2,1H3,(H,20,21). The van der Waals surface area contributed by atoms with Crippen LogP contribution < -0.4 is 10.1 Å². The van der Waals surface area contributed by atoms with Crippen LogP contribution in [0.5, 0.6) is 5.75 Å². The number of hydrogen-bond acceptors (Lipinski definition) is 2. The lowest BCUT2D eigenvalue weighted by molar-refractivity contribution is -0.123. The summed E-state index contributed by atoms with van der Waals surface area (Å²) in [7, 11) is 1.62. The Morgan fingerprint density at radius 3 is 2.32 bits per heavy atom. The lowest BCUT2D eigenvalue weighted by atomic mass is 9.95. The molecule has 4 heteroatoms. The summed E-state index contributed by atoms with van der Waals surface area (Å²) in [5.74, 6) is 0.542. The summed E-state index contributed by atoms with van der Waals surface area (Å²) in [5, 5.41) is 2.96. The van der Waals surface area contributed by atoms with Crippen LogP contribution in [0.3, 0.4) is 0 Å². The third-order valence-corrected chi connectivity index (χ3v) is 4.19. The van der Waals surface area contributed by atoms with E-state index in [4.69, 9.17) is 4.74 Å². The molecule has 1 fully saturated rings. The van der Waals surface area contributed by atoms with Gasteiger partial charge in [0.15, 0.2) is 0 Å². The minimum absolute atomic E-state index is 0.0296. The second kappa shape index (κ2) is 5.79. The van der Waals surface area contributed by atoms with Gasteiger partial charge in [-0.3, -0.25) is 4.79 Å². The first-order chi connectivity index (χ1) is 10.6. The van der Waals surface area contributed by atoms with E-state index in [1.165, 1.54) is 12.1 Å². The zero-order valence-corrected chi connectivity index (χ0v) is 12.4. The molecule has 2 aromatic carbocycles. The number of carbonyl (C=O) groups excluding carboxylic acids is 1. The molecule has 0 unspecified atom stereocenters. The van der Waals surface area contributed by atoms with Gasteiger partial charge in [-0.1, -0.05) is 24.3 Å². The number of rotatable bonds is 5. The maximum Gasteiger partial charge on any atom is 0.230 e. The molecule has 0 bridgehead atoms. The number of amides is 1. The first kappa shape index (κ1) is 14.6. The van der Waals surface area contributed by atoms with Gasteiger partial charge in [0.2, 0.25) is 5.91 Å². The minimum Gasteiger partial charge on any atom is -0.497 e. The molecule has 1 aliphatic rings. The fourth-order valence-corrected chi connectivity index (χ4v) is 2.64. The predicted octanol–water partition coefficient (Wildman–Crippen LogP) is 3.18. The molecule has 1 amide bonds. The highest BCUT2D eigenvalue weighted by atomic mass is 19.1. The molecule has 114 valence electrons. The molecule has 1 N–H and O–H groups in total. The Morgan fingerprint density at radius 1 is 1.14 bits per heavy atom. The van der Waals surface area contributed by atoms with E-state index in [2.05, 4.69) is 5.32 Å². The van der Waals surface area contributed by atoms with E-state index >= 15 is 0 Å². The Balaban J connectivity index is 1.67. The largest absolute Gasteiger partial charge is 0.497 e. The van der Waals surface area contributed by atoms with Crippen LogP contribution in [0.15, 0.2) is 48.5 Å². The van der Waals surface area contributed by atoms with E-state index in [1.54, 1.807) is 19.2 Å². The van der Waals surface area contributed by atoms with Crippen molar-refractivity contribution < 1.29 is 13.9 Å². The number of ether oxygens (including phenoxy) is 1. The molecule has 0 heterocycles. The molecular weight excluding hydrogens is 281 g/mol. The van der Waals surface area contributed by atoms with E-state index in [9.17, 15) is 9.18 Å². The summed E-state index contributed by atoms with van der Waals surface area (Å²) in [5.41, 5.74) is 1.50. The van der Waals surface area contributed by atoms with Crippen LogP contribution in [-0.4, -0.2) is 13.0 Å². The van der Waals surface area contributed by atoms with E-state index < -0.39 is 5.41 Å². The first-order valence-electron chi connectivity index (χ1n) is 7.31. The Morgan fingerprint density at radius 2 is 1.77 bits per heavy atom. The first-order valence-corrected chi connectivity index (χ1v) is 7.31. The van der Waals surface area contributed by atoms with E-state index in [0.29, 0.717) is 6.54 Å². The molecule has 0 radical (unpaired) electrons. The zero-order valence-electron chi connectivity index (χ0n) is 12.4. The van der Waals surface area contributed by atoms with Crippen LogP contribution >= 0.6 is 0 Å². The molecule has 0 spiro atoms. The Kier molecular flexibility index (Phi) is 3.84. The summed E-state index contributed by atoms with van der Waals surface area (Å²) >= 11 is 0. The highest BCUT2D eigenvalue weighted by molar-refractivity contribution is 5.91. The van der Waals surface area contributed by atoms with Gasteiger partial charge < -0.3 is 10.1 Å². The molecule has 0 aromatic heterocycles. The van der Waals surface area contributed by atoms with Gasteiger partial charge in [-0.25, -0.2) is 4.39 Å². The fraction of sp³-hybridized carbons (Fsp3) is 0.278. The monoisotopic (exact) mass is 299 g/mol. The van der Waals surface area contributed by atoms with Gasteiger partial charge in [-0.15, -0.1) is 0 Å². The number of nitrogens with one attached hydrogen (secondary N) is 1. The Labute approximate surface area is 129 Å². The molecular formula is C18H18FNO2. The maximum atomic E-state index is 12.9. The minimum atomic E-state index is -0.410. The number of halogens is 1. The molecule has 22 heavy (non-hydrogen) atoms. The molecule has 3 rings (SSSR count). The van der Waals surface area contributed by atoms with Gasteiger partial charge in [-0.05, 0) is 48.2 Å². The number of benzene rings is 2. The third-order valence-electron chi connectivity index (χ3n) is 4.19. The van der Waals surface area contributed by atoms with Crippen molar-refractivity contribution >= 4 is 5.91 Å². The Bertz CT molecular complexity index is 660. The highest BCUT2D eigenvalue weighted by Crippen LogP contribution is 2.48. The predicted molar refractivity (Wildman–Crippen MR) is 82.2 cm³/mol. The zero-order chi connectivity index (χ0) is 15.6. The van der Waals surface area contributed by atoms with Crippen LogP contribution in [0.25, 0.3) is 0 Å². The Hall–Kier alpha value is -2.36. The van der Waals surface area contributed by atoms with Crippen molar-refractivity contribution in [3.63, 3.8) is 0 Å². The third kappa shape index (κ3) is 2.82. The van der Waals surface area contributed by atoms with E-state index in [0.717, 1.165) is 29.7 Å². The topological polar surface area (TPSA) is 38.3 Å². The number of methoxy groups -OCH3 is 1. The van der Waals surface area contributed by atoms with E-state index in [-0.39, 0.29) is 11.7 Å². The summed E-state index contributed by atoms with van der Waals surface area (Å²) in [6.07, 6.45) is 1.71. The molecule has 1 saturated carbocycles. The van der Waals surface area contributed by atoms with Crippen molar-refractivity contribution in [2.75, 3.05) is 7.11 Å². The summed E-state index contributed by atoms with van der Waals surface area (Å²) < 4.78 is 18.0. The fourth-order valence-electron chi connectivity index (χ4n) is 2.64. The average Bonchev–Trinajstić information content (AvgIpc) is 3.36. The van der Waals surface area contributed by atoms with Crippen LogP contribution in [0.1, 0.15) is 24.0 Å². The number of carbonyl (C=O) groups is 1. The van der Waals surface area contributed by atoms with Crippen molar-refractivity contribution in [2.24, 2.45) is 0 Å². The molecule has 0 aliphatic heterocycles. The van der Waals surface area contributed by atoms with Crippen LogP contribution in [0, 0.1) is 5.82 Å². The molecule has 0 atom stereocenters. The van der Waals surface area contributed by atoms with Gasteiger partial charge in [0, 0.05) is 6.54 Å². The van der Waals surface area contributed by atoms with Gasteiger partial charge in [0.05, 0.1) is 12.5 Å². The van der Waals surface area contributed by atoms with Gasteiger partial charge in [0.1, 0.15) is 11.6 Å². The SMILES string of the molecule is COc1ccc(C2(C(=O)NCc3ccc(F)cc3)CC2)cc1. The normalized spacial score (nSPS) is 15.2. The smallest absolute Gasteiger partial charge is 0.230 e. The second-order valence-electron chi connectivity index (χ2n) is 5.62. The van der Waals surface area contributed by atoms with Crippen molar-refractivity contribution in [1.29, 1.82) is 0 Å². The van der Waals surface area contributed by atoms with E-state index in [1.807, 2.05) is 24.3 Å². The van der Waals surface area contributed by atoms with Gasteiger partial charge in [-0.2, -0.15) is 0 Å². The summed E-state index contributed by atoms with van der Waals surface area (Å²) in [4.78, 5) is 12.5. The quantitative estimate of drug-likeness (QED) is 0.921. The van der Waals surface area contributed by atoms with Gasteiger partial charge in [0.25, 0.3) is 0 Å². The highest BCUT2D eigenvalue weighted by Gasteiger charge is 2.51. The summed E-state index contributed by atoms with van der Waals surface area (Å²) in [6, 6.07) is 13.8. The second-order valence-corrected chi connectivity index (χ2v) is 5.62.